The van der Waals surface area contributed by atoms with Crippen LogP contribution < -0.4 is 15.6 Å². The Morgan fingerprint density at radius 1 is 1.09 bits per heavy atom. The lowest BCUT2D eigenvalue weighted by Gasteiger charge is -2.12. The number of aromatic amines is 1. The maximum absolute atomic E-state index is 12.4. The van der Waals surface area contributed by atoms with Gasteiger partial charge in [0, 0.05) is 10.9 Å². The Bertz CT molecular complexity index is 886. The Morgan fingerprint density at radius 2 is 1.86 bits per heavy atom. The van der Waals surface area contributed by atoms with Crippen molar-refractivity contribution >= 4 is 22.9 Å². The summed E-state index contributed by atoms with van der Waals surface area (Å²) in [5.41, 5.74) is 1.74. The predicted molar refractivity (Wildman–Crippen MR) is 86.2 cm³/mol. The zero-order valence-electron chi connectivity index (χ0n) is 11.9. The predicted octanol–water partition coefficient (Wildman–Crippen LogP) is 2.77. The number of carbonyl (C=O) groups excluding carboxylic acids is 1. The van der Waals surface area contributed by atoms with Crippen LogP contribution >= 0.6 is 0 Å². The standard InChI is InChI=1S/C17H14N2O3/c1-22-12-7-8-13-14(9-12)17(21)19-15(16(13)18-10-20)11-5-3-2-4-6-11/h2-10H,1H3,(H,18,20)(H,19,21). The van der Waals surface area contributed by atoms with E-state index < -0.39 is 0 Å². The number of aromatic nitrogens is 1. The number of methoxy groups -OCH3 is 1. The van der Waals surface area contributed by atoms with Gasteiger partial charge in [0.15, 0.2) is 0 Å². The highest BCUT2D eigenvalue weighted by Gasteiger charge is 2.13. The number of amides is 1. The Morgan fingerprint density at radius 3 is 2.55 bits per heavy atom. The second-order valence-electron chi connectivity index (χ2n) is 4.74. The van der Waals surface area contributed by atoms with Crippen LogP contribution in [0.5, 0.6) is 5.75 Å². The summed E-state index contributed by atoms with van der Waals surface area (Å²) in [5, 5.41) is 3.81. The highest BCUT2D eigenvalue weighted by Crippen LogP contribution is 2.32. The summed E-state index contributed by atoms with van der Waals surface area (Å²) < 4.78 is 5.15. The summed E-state index contributed by atoms with van der Waals surface area (Å²) in [5.74, 6) is 0.586. The van der Waals surface area contributed by atoms with E-state index in [2.05, 4.69) is 10.3 Å². The van der Waals surface area contributed by atoms with Crippen LogP contribution in [0.25, 0.3) is 22.0 Å². The molecule has 0 aliphatic carbocycles. The van der Waals surface area contributed by atoms with E-state index >= 15 is 0 Å². The Kier molecular flexibility index (Phi) is 3.62. The average Bonchev–Trinajstić information content (AvgIpc) is 2.57. The quantitative estimate of drug-likeness (QED) is 0.727. The minimum absolute atomic E-state index is 0.232. The summed E-state index contributed by atoms with van der Waals surface area (Å²) in [4.78, 5) is 26.2. The molecule has 3 rings (SSSR count). The molecular weight excluding hydrogens is 280 g/mol. The number of nitrogens with one attached hydrogen (secondary N) is 2. The molecule has 0 atom stereocenters. The van der Waals surface area contributed by atoms with E-state index in [0.717, 1.165) is 5.56 Å². The number of anilines is 1. The van der Waals surface area contributed by atoms with Gasteiger partial charge >= 0.3 is 0 Å². The van der Waals surface area contributed by atoms with E-state index in [1.165, 1.54) is 7.11 Å². The second kappa shape index (κ2) is 5.73. The molecule has 2 N–H and O–H groups in total. The van der Waals surface area contributed by atoms with Gasteiger partial charge < -0.3 is 15.0 Å². The normalized spacial score (nSPS) is 10.4. The van der Waals surface area contributed by atoms with Crippen molar-refractivity contribution in [3.05, 3.63) is 58.9 Å². The lowest BCUT2D eigenvalue weighted by atomic mass is 10.0. The molecule has 1 aromatic heterocycles. The van der Waals surface area contributed by atoms with Gasteiger partial charge in [-0.05, 0) is 18.2 Å². The van der Waals surface area contributed by atoms with E-state index in [1.807, 2.05) is 30.3 Å². The molecule has 1 amide bonds. The fourth-order valence-electron chi connectivity index (χ4n) is 2.46. The minimum Gasteiger partial charge on any atom is -0.497 e. The van der Waals surface area contributed by atoms with Gasteiger partial charge in [-0.3, -0.25) is 9.59 Å². The Labute approximate surface area is 126 Å². The molecule has 0 radical (unpaired) electrons. The fraction of sp³-hybridized carbons (Fsp3) is 0.0588. The number of hydrogen-bond donors (Lipinski definition) is 2. The summed E-state index contributed by atoms with van der Waals surface area (Å²) >= 11 is 0. The molecule has 0 fully saturated rings. The highest BCUT2D eigenvalue weighted by molar-refractivity contribution is 6.03. The van der Waals surface area contributed by atoms with Crippen LogP contribution in [0, 0.1) is 0 Å². The molecule has 0 spiro atoms. The van der Waals surface area contributed by atoms with Crippen LogP contribution in [0.2, 0.25) is 0 Å². The Hall–Kier alpha value is -3.08. The number of carbonyl (C=O) groups is 1. The molecule has 22 heavy (non-hydrogen) atoms. The SMILES string of the molecule is COc1ccc2c(NC=O)c(-c3ccccc3)[nH]c(=O)c2c1. The van der Waals surface area contributed by atoms with Crippen molar-refractivity contribution in [2.24, 2.45) is 0 Å². The van der Waals surface area contributed by atoms with Crippen molar-refractivity contribution in [2.45, 2.75) is 0 Å². The number of pyridine rings is 1. The molecule has 0 saturated heterocycles. The lowest BCUT2D eigenvalue weighted by Crippen LogP contribution is -2.11. The summed E-state index contributed by atoms with van der Waals surface area (Å²) in [6, 6.07) is 14.5. The third-order valence-corrected chi connectivity index (χ3v) is 3.49. The molecule has 0 aliphatic rings. The van der Waals surface area contributed by atoms with Gasteiger partial charge in [0.05, 0.1) is 23.9 Å². The molecule has 0 unspecified atom stereocenters. The van der Waals surface area contributed by atoms with E-state index in [4.69, 9.17) is 4.74 Å². The van der Waals surface area contributed by atoms with Crippen molar-refractivity contribution in [3.8, 4) is 17.0 Å². The number of ether oxygens (including phenoxy) is 1. The molecule has 2 aromatic carbocycles. The molecule has 5 nitrogen and oxygen atoms in total. The average molecular weight is 294 g/mol. The van der Waals surface area contributed by atoms with E-state index in [-0.39, 0.29) is 5.56 Å². The number of benzene rings is 2. The molecular formula is C17H14N2O3. The zero-order chi connectivity index (χ0) is 15.5. The minimum atomic E-state index is -0.232. The molecule has 0 saturated carbocycles. The molecule has 0 aliphatic heterocycles. The van der Waals surface area contributed by atoms with Crippen molar-refractivity contribution in [2.75, 3.05) is 12.4 Å². The zero-order valence-corrected chi connectivity index (χ0v) is 11.9. The lowest BCUT2D eigenvalue weighted by molar-refractivity contribution is -0.105. The van der Waals surface area contributed by atoms with E-state index in [1.54, 1.807) is 18.2 Å². The Balaban J connectivity index is 2.36. The largest absolute Gasteiger partial charge is 0.497 e. The van der Waals surface area contributed by atoms with E-state index in [9.17, 15) is 9.59 Å². The van der Waals surface area contributed by atoms with Crippen LogP contribution in [0.3, 0.4) is 0 Å². The van der Waals surface area contributed by atoms with Crippen LogP contribution in [0.15, 0.2) is 53.3 Å². The first-order valence-corrected chi connectivity index (χ1v) is 6.74. The second-order valence-corrected chi connectivity index (χ2v) is 4.74. The summed E-state index contributed by atoms with van der Waals surface area (Å²) in [6.07, 6.45) is 0.601. The first kappa shape index (κ1) is 13.9. The first-order valence-electron chi connectivity index (χ1n) is 6.74. The fourth-order valence-corrected chi connectivity index (χ4v) is 2.46. The van der Waals surface area contributed by atoms with Gasteiger partial charge in [0.1, 0.15) is 5.75 Å². The first-order chi connectivity index (χ1) is 10.7. The monoisotopic (exact) mass is 294 g/mol. The van der Waals surface area contributed by atoms with Crippen molar-refractivity contribution in [3.63, 3.8) is 0 Å². The van der Waals surface area contributed by atoms with Crippen molar-refractivity contribution in [1.82, 2.24) is 4.98 Å². The van der Waals surface area contributed by atoms with Crippen molar-refractivity contribution < 1.29 is 9.53 Å². The van der Waals surface area contributed by atoms with Gasteiger partial charge in [-0.15, -0.1) is 0 Å². The van der Waals surface area contributed by atoms with Gasteiger partial charge in [0.2, 0.25) is 6.41 Å². The topological polar surface area (TPSA) is 71.2 Å². The third-order valence-electron chi connectivity index (χ3n) is 3.49. The van der Waals surface area contributed by atoms with Gasteiger partial charge in [-0.25, -0.2) is 0 Å². The van der Waals surface area contributed by atoms with Gasteiger partial charge in [-0.1, -0.05) is 30.3 Å². The van der Waals surface area contributed by atoms with Gasteiger partial charge in [-0.2, -0.15) is 0 Å². The molecule has 1 heterocycles. The van der Waals surface area contributed by atoms with Crippen LogP contribution in [0.1, 0.15) is 0 Å². The summed E-state index contributed by atoms with van der Waals surface area (Å²) in [6.45, 7) is 0. The molecule has 0 bridgehead atoms. The van der Waals surface area contributed by atoms with Crippen LogP contribution in [-0.4, -0.2) is 18.5 Å². The highest BCUT2D eigenvalue weighted by atomic mass is 16.5. The van der Waals surface area contributed by atoms with Crippen molar-refractivity contribution in [1.29, 1.82) is 0 Å². The number of rotatable bonds is 4. The maximum atomic E-state index is 12.4. The smallest absolute Gasteiger partial charge is 0.256 e. The number of hydrogen-bond acceptors (Lipinski definition) is 3. The molecule has 110 valence electrons. The summed E-state index contributed by atoms with van der Waals surface area (Å²) in [7, 11) is 1.54. The molecule has 3 aromatic rings. The maximum Gasteiger partial charge on any atom is 0.256 e. The molecule has 5 heteroatoms. The van der Waals surface area contributed by atoms with Crippen LogP contribution in [-0.2, 0) is 4.79 Å². The van der Waals surface area contributed by atoms with Gasteiger partial charge in [0.25, 0.3) is 5.56 Å². The van der Waals surface area contributed by atoms with Crippen LogP contribution in [0.4, 0.5) is 5.69 Å². The number of fused-ring (bicyclic) bond motifs is 1. The third kappa shape index (κ3) is 2.33. The van der Waals surface area contributed by atoms with E-state index in [0.29, 0.717) is 34.3 Å². The number of H-pyrrole nitrogens is 1.